The second kappa shape index (κ2) is 6.94. The SMILES string of the molecule is Cc1nn(C)c(Cl)c1CN1CCCC(c2ccnn2CC(=O)O)C1. The highest BCUT2D eigenvalue weighted by atomic mass is 35.5. The quantitative estimate of drug-likeness (QED) is 0.892. The first-order valence-corrected chi connectivity index (χ1v) is 8.47. The summed E-state index contributed by atoms with van der Waals surface area (Å²) in [7, 11) is 1.85. The zero-order valence-corrected chi connectivity index (χ0v) is 14.7. The number of aliphatic carboxylic acids is 1. The van der Waals surface area contributed by atoms with Crippen molar-refractivity contribution in [1.82, 2.24) is 24.5 Å². The molecule has 0 radical (unpaired) electrons. The first-order valence-electron chi connectivity index (χ1n) is 8.09. The topological polar surface area (TPSA) is 76.2 Å². The molecule has 0 aromatic carbocycles. The lowest BCUT2D eigenvalue weighted by atomic mass is 9.94. The van der Waals surface area contributed by atoms with Gasteiger partial charge in [-0.3, -0.25) is 19.1 Å². The van der Waals surface area contributed by atoms with Crippen molar-refractivity contribution < 1.29 is 9.90 Å². The molecular formula is C16H22ClN5O2. The molecule has 1 saturated heterocycles. The van der Waals surface area contributed by atoms with Crippen LogP contribution in [0.15, 0.2) is 12.3 Å². The molecule has 7 nitrogen and oxygen atoms in total. The number of piperidine rings is 1. The van der Waals surface area contributed by atoms with Crippen LogP contribution < -0.4 is 0 Å². The molecular weight excluding hydrogens is 330 g/mol. The van der Waals surface area contributed by atoms with Crippen molar-refractivity contribution in [3.8, 4) is 0 Å². The van der Waals surface area contributed by atoms with Crippen LogP contribution in [0.5, 0.6) is 0 Å². The van der Waals surface area contributed by atoms with E-state index in [0.29, 0.717) is 5.15 Å². The van der Waals surface area contributed by atoms with Gasteiger partial charge in [0.15, 0.2) is 0 Å². The third kappa shape index (κ3) is 3.47. The van der Waals surface area contributed by atoms with Crippen molar-refractivity contribution in [1.29, 1.82) is 0 Å². The van der Waals surface area contributed by atoms with E-state index in [1.54, 1.807) is 15.6 Å². The van der Waals surface area contributed by atoms with Crippen LogP contribution in [0.4, 0.5) is 0 Å². The number of hydrogen-bond acceptors (Lipinski definition) is 4. The molecule has 1 N–H and O–H groups in total. The number of hydrogen-bond donors (Lipinski definition) is 1. The minimum Gasteiger partial charge on any atom is -0.480 e. The van der Waals surface area contributed by atoms with Gasteiger partial charge in [-0.15, -0.1) is 0 Å². The Morgan fingerprint density at radius 1 is 1.50 bits per heavy atom. The number of likely N-dealkylation sites (tertiary alicyclic amines) is 1. The van der Waals surface area contributed by atoms with Gasteiger partial charge in [0.2, 0.25) is 0 Å². The normalized spacial score (nSPS) is 18.9. The lowest BCUT2D eigenvalue weighted by Crippen LogP contribution is -2.35. The maximum absolute atomic E-state index is 11.0. The summed E-state index contributed by atoms with van der Waals surface area (Å²) in [6.07, 6.45) is 3.79. The molecule has 0 aliphatic carbocycles. The number of halogens is 1. The molecule has 1 fully saturated rings. The number of rotatable bonds is 5. The number of nitrogens with zero attached hydrogens (tertiary/aromatic N) is 5. The van der Waals surface area contributed by atoms with E-state index in [1.165, 1.54) is 0 Å². The number of carboxylic acid groups (broad SMARTS) is 1. The van der Waals surface area contributed by atoms with E-state index >= 15 is 0 Å². The second-order valence-electron chi connectivity index (χ2n) is 6.36. The summed E-state index contributed by atoms with van der Waals surface area (Å²) in [6, 6.07) is 1.93. The minimum atomic E-state index is -0.870. The fraction of sp³-hybridized carbons (Fsp3) is 0.562. The molecule has 0 bridgehead atoms. The largest absolute Gasteiger partial charge is 0.480 e. The smallest absolute Gasteiger partial charge is 0.325 e. The third-order valence-corrected chi connectivity index (χ3v) is 5.08. The first kappa shape index (κ1) is 17.0. The molecule has 3 heterocycles. The molecule has 2 aromatic heterocycles. The Morgan fingerprint density at radius 3 is 2.96 bits per heavy atom. The molecule has 1 aliphatic heterocycles. The van der Waals surface area contributed by atoms with Gasteiger partial charge in [0.1, 0.15) is 11.7 Å². The number of carboxylic acids is 1. The van der Waals surface area contributed by atoms with Gasteiger partial charge in [-0.2, -0.15) is 10.2 Å². The highest BCUT2D eigenvalue weighted by Gasteiger charge is 2.26. The lowest BCUT2D eigenvalue weighted by Gasteiger charge is -2.32. The van der Waals surface area contributed by atoms with Gasteiger partial charge >= 0.3 is 5.97 Å². The average Bonchev–Trinajstić information content (AvgIpc) is 3.07. The molecule has 1 aliphatic rings. The van der Waals surface area contributed by atoms with Gasteiger partial charge in [0.25, 0.3) is 0 Å². The molecule has 24 heavy (non-hydrogen) atoms. The van der Waals surface area contributed by atoms with E-state index < -0.39 is 5.97 Å². The van der Waals surface area contributed by atoms with Gasteiger partial charge in [0, 0.05) is 43.5 Å². The Hall–Kier alpha value is -1.86. The van der Waals surface area contributed by atoms with Gasteiger partial charge in [0.05, 0.1) is 5.69 Å². The Balaban J connectivity index is 1.73. The molecule has 130 valence electrons. The number of carbonyl (C=O) groups is 1. The Morgan fingerprint density at radius 2 is 2.29 bits per heavy atom. The second-order valence-corrected chi connectivity index (χ2v) is 6.72. The summed E-state index contributed by atoms with van der Waals surface area (Å²) in [5.74, 6) is -0.582. The monoisotopic (exact) mass is 351 g/mol. The fourth-order valence-electron chi connectivity index (χ4n) is 3.47. The van der Waals surface area contributed by atoms with Crippen LogP contribution in [0.2, 0.25) is 5.15 Å². The van der Waals surface area contributed by atoms with Crippen molar-refractivity contribution in [2.24, 2.45) is 7.05 Å². The summed E-state index contributed by atoms with van der Waals surface area (Å²) in [5.41, 5.74) is 3.02. The molecule has 8 heteroatoms. The fourth-order valence-corrected chi connectivity index (χ4v) is 3.70. The van der Waals surface area contributed by atoms with Crippen molar-refractivity contribution in [2.45, 2.75) is 38.8 Å². The van der Waals surface area contributed by atoms with Crippen LogP contribution in [0, 0.1) is 6.92 Å². The predicted octanol–water partition coefficient (Wildman–Crippen LogP) is 2.04. The molecule has 1 unspecified atom stereocenters. The van der Waals surface area contributed by atoms with Crippen molar-refractivity contribution in [3.05, 3.63) is 34.4 Å². The van der Waals surface area contributed by atoms with Crippen LogP contribution in [-0.4, -0.2) is 48.6 Å². The minimum absolute atomic E-state index is 0.0909. The summed E-state index contributed by atoms with van der Waals surface area (Å²) in [5, 5.41) is 18.2. The first-order chi connectivity index (χ1) is 11.5. The van der Waals surface area contributed by atoms with E-state index in [1.807, 2.05) is 20.0 Å². The molecule has 2 aromatic rings. The Kier molecular flexibility index (Phi) is 4.91. The maximum atomic E-state index is 11.0. The van der Waals surface area contributed by atoms with E-state index in [4.69, 9.17) is 16.7 Å². The molecule has 0 spiro atoms. The highest BCUT2D eigenvalue weighted by molar-refractivity contribution is 6.30. The van der Waals surface area contributed by atoms with Crippen molar-refractivity contribution in [2.75, 3.05) is 13.1 Å². The van der Waals surface area contributed by atoms with Crippen LogP contribution in [0.3, 0.4) is 0 Å². The third-order valence-electron chi connectivity index (χ3n) is 4.61. The molecule has 3 rings (SSSR count). The van der Waals surface area contributed by atoms with E-state index in [-0.39, 0.29) is 12.5 Å². The number of aryl methyl sites for hydroxylation is 2. The summed E-state index contributed by atoms with van der Waals surface area (Å²) < 4.78 is 3.30. The van der Waals surface area contributed by atoms with Crippen LogP contribution >= 0.6 is 11.6 Å². The molecule has 0 amide bonds. The predicted molar refractivity (Wildman–Crippen MR) is 90.1 cm³/mol. The number of aromatic nitrogens is 4. The van der Waals surface area contributed by atoms with Crippen molar-refractivity contribution >= 4 is 17.6 Å². The van der Waals surface area contributed by atoms with Gasteiger partial charge in [-0.1, -0.05) is 11.6 Å². The Labute approximate surface area is 145 Å². The summed E-state index contributed by atoms with van der Waals surface area (Å²) in [4.78, 5) is 13.4. The van der Waals surface area contributed by atoms with E-state index in [0.717, 1.165) is 49.4 Å². The standard InChI is InChI=1S/C16H22ClN5O2/c1-11-13(16(17)20(2)19-11)9-21-7-3-4-12(8-21)14-5-6-18-22(14)10-15(23)24/h5-6,12H,3-4,7-10H2,1-2H3,(H,23,24). The Bertz CT molecular complexity index is 739. The van der Waals surface area contributed by atoms with Crippen LogP contribution in [0.1, 0.15) is 35.7 Å². The molecule has 0 saturated carbocycles. The van der Waals surface area contributed by atoms with E-state index in [2.05, 4.69) is 15.1 Å². The van der Waals surface area contributed by atoms with Crippen LogP contribution in [-0.2, 0) is 24.9 Å². The van der Waals surface area contributed by atoms with Gasteiger partial charge in [-0.25, -0.2) is 0 Å². The maximum Gasteiger partial charge on any atom is 0.325 e. The zero-order valence-electron chi connectivity index (χ0n) is 13.9. The van der Waals surface area contributed by atoms with Crippen molar-refractivity contribution in [3.63, 3.8) is 0 Å². The summed E-state index contributed by atoms with van der Waals surface area (Å²) in [6.45, 7) is 4.53. The van der Waals surface area contributed by atoms with Gasteiger partial charge in [-0.05, 0) is 32.4 Å². The van der Waals surface area contributed by atoms with Crippen LogP contribution in [0.25, 0.3) is 0 Å². The zero-order chi connectivity index (χ0) is 17.3. The molecule has 1 atom stereocenters. The average molecular weight is 352 g/mol. The summed E-state index contributed by atoms with van der Waals surface area (Å²) >= 11 is 6.35. The lowest BCUT2D eigenvalue weighted by molar-refractivity contribution is -0.137. The highest BCUT2D eigenvalue weighted by Crippen LogP contribution is 2.29. The van der Waals surface area contributed by atoms with Gasteiger partial charge < -0.3 is 5.11 Å². The van der Waals surface area contributed by atoms with E-state index in [9.17, 15) is 4.79 Å².